The van der Waals surface area contributed by atoms with Crippen LogP contribution in [0.3, 0.4) is 0 Å². The van der Waals surface area contributed by atoms with E-state index >= 15 is 0 Å². The van der Waals surface area contributed by atoms with Gasteiger partial charge in [0.05, 0.1) is 38.6 Å². The number of hydrogen-bond acceptors (Lipinski definition) is 5. The van der Waals surface area contributed by atoms with Gasteiger partial charge in [-0.25, -0.2) is 4.39 Å². The Morgan fingerprint density at radius 1 is 1.36 bits per heavy atom. The number of ether oxygens (including phenoxy) is 2. The van der Waals surface area contributed by atoms with Gasteiger partial charge in [-0.05, 0) is 12.1 Å². The predicted molar refractivity (Wildman–Crippen MR) is 90.5 cm³/mol. The molecule has 1 N–H and O–H groups in total. The summed E-state index contributed by atoms with van der Waals surface area (Å²) in [6, 6.07) is 8.39. The molecule has 0 bridgehead atoms. The first-order chi connectivity index (χ1) is 12.2. The zero-order valence-corrected chi connectivity index (χ0v) is 14.1. The average Bonchev–Trinajstić information content (AvgIpc) is 3.10. The molecule has 6 nitrogen and oxygen atoms in total. The summed E-state index contributed by atoms with van der Waals surface area (Å²) in [5.74, 6) is -0.286. The Balaban J connectivity index is 1.38. The minimum Gasteiger partial charge on any atom is -0.389 e. The van der Waals surface area contributed by atoms with E-state index in [4.69, 9.17) is 9.47 Å². The van der Waals surface area contributed by atoms with Gasteiger partial charge >= 0.3 is 0 Å². The summed E-state index contributed by atoms with van der Waals surface area (Å²) in [7, 11) is 0. The predicted octanol–water partition coefficient (Wildman–Crippen LogP) is 1.30. The topological polar surface area (TPSA) is 59.8 Å². The van der Waals surface area contributed by atoms with Crippen LogP contribution in [0.25, 0.3) is 0 Å². The number of morpholine rings is 1. The van der Waals surface area contributed by atoms with Crippen LogP contribution >= 0.6 is 0 Å². The molecule has 0 unspecified atom stereocenters. The number of aliphatic hydroxyl groups is 1. The highest BCUT2D eigenvalue weighted by molar-refractivity contribution is 5.16. The summed E-state index contributed by atoms with van der Waals surface area (Å²) in [6.45, 7) is 3.70. The second-order valence-corrected chi connectivity index (χ2v) is 6.24. The lowest BCUT2D eigenvalue weighted by molar-refractivity contribution is -0.0584. The molecule has 2 atom stereocenters. The first-order valence-corrected chi connectivity index (χ1v) is 8.51. The first-order valence-electron chi connectivity index (χ1n) is 8.51. The van der Waals surface area contributed by atoms with Crippen LogP contribution in [0.4, 0.5) is 4.39 Å². The van der Waals surface area contributed by atoms with Crippen LogP contribution in [0.5, 0.6) is 0 Å². The van der Waals surface area contributed by atoms with Gasteiger partial charge in [-0.15, -0.1) is 0 Å². The molecule has 0 amide bonds. The van der Waals surface area contributed by atoms with Crippen LogP contribution in [0, 0.1) is 5.82 Å². The molecular weight excluding hydrogens is 325 g/mol. The molecule has 2 heterocycles. The minimum atomic E-state index is -0.616. The Bertz CT molecular complexity index is 638. The second-order valence-electron chi connectivity index (χ2n) is 6.24. The standard InChI is InChI=1S/C18H24FN3O3/c19-18-5-2-1-4-15(18)13-24-14-16(23)10-21-8-9-25-17(11-21)12-22-7-3-6-20-22/h1-7,16-17,23H,8-14H2/t16-,17-/m0/s1. The van der Waals surface area contributed by atoms with Crippen molar-refractivity contribution in [2.75, 3.05) is 32.8 Å². The molecule has 1 aliphatic rings. The van der Waals surface area contributed by atoms with Crippen molar-refractivity contribution in [2.24, 2.45) is 0 Å². The van der Waals surface area contributed by atoms with E-state index in [-0.39, 0.29) is 25.1 Å². The number of nitrogens with zero attached hydrogens (tertiary/aromatic N) is 3. The molecule has 1 fully saturated rings. The maximum atomic E-state index is 13.5. The normalized spacial score (nSPS) is 19.8. The molecule has 25 heavy (non-hydrogen) atoms. The maximum Gasteiger partial charge on any atom is 0.128 e. The van der Waals surface area contributed by atoms with Crippen molar-refractivity contribution in [3.8, 4) is 0 Å². The second kappa shape index (κ2) is 9.05. The van der Waals surface area contributed by atoms with Crippen molar-refractivity contribution in [3.05, 3.63) is 54.1 Å². The van der Waals surface area contributed by atoms with Crippen molar-refractivity contribution < 1.29 is 19.0 Å². The van der Waals surface area contributed by atoms with Crippen molar-refractivity contribution in [1.29, 1.82) is 0 Å². The molecule has 2 aromatic rings. The van der Waals surface area contributed by atoms with E-state index < -0.39 is 6.10 Å². The molecule has 0 aliphatic carbocycles. The lowest BCUT2D eigenvalue weighted by atomic mass is 10.2. The first kappa shape index (κ1) is 18.0. The maximum absolute atomic E-state index is 13.5. The molecule has 1 aliphatic heterocycles. The quantitative estimate of drug-likeness (QED) is 0.778. The third-order valence-corrected chi connectivity index (χ3v) is 4.17. The Morgan fingerprint density at radius 3 is 3.04 bits per heavy atom. The monoisotopic (exact) mass is 349 g/mol. The molecule has 1 aromatic carbocycles. The van der Waals surface area contributed by atoms with Gasteiger partial charge in [-0.1, -0.05) is 18.2 Å². The number of β-amino-alcohol motifs (C(OH)–C–C–N with tert-alkyl or cyclic N) is 1. The van der Waals surface area contributed by atoms with E-state index in [1.165, 1.54) is 6.07 Å². The molecule has 0 saturated carbocycles. The van der Waals surface area contributed by atoms with Crippen LogP contribution in [0.1, 0.15) is 5.56 Å². The van der Waals surface area contributed by atoms with E-state index in [2.05, 4.69) is 10.00 Å². The van der Waals surface area contributed by atoms with Crippen LogP contribution < -0.4 is 0 Å². The van der Waals surface area contributed by atoms with E-state index in [1.807, 2.05) is 16.9 Å². The van der Waals surface area contributed by atoms with Gasteiger partial charge in [0, 0.05) is 37.6 Å². The van der Waals surface area contributed by atoms with E-state index in [0.29, 0.717) is 25.3 Å². The number of rotatable bonds is 8. The highest BCUT2D eigenvalue weighted by Crippen LogP contribution is 2.10. The Morgan fingerprint density at radius 2 is 2.24 bits per heavy atom. The summed E-state index contributed by atoms with van der Waals surface area (Å²) in [5, 5.41) is 14.4. The molecule has 1 aromatic heterocycles. The highest BCUT2D eigenvalue weighted by atomic mass is 19.1. The van der Waals surface area contributed by atoms with Crippen LogP contribution in [-0.4, -0.2) is 64.8 Å². The molecule has 0 radical (unpaired) electrons. The van der Waals surface area contributed by atoms with Crippen molar-refractivity contribution >= 4 is 0 Å². The highest BCUT2D eigenvalue weighted by Gasteiger charge is 2.22. The summed E-state index contributed by atoms with van der Waals surface area (Å²) < 4.78 is 26.6. The smallest absolute Gasteiger partial charge is 0.128 e. The summed E-state index contributed by atoms with van der Waals surface area (Å²) >= 11 is 0. The van der Waals surface area contributed by atoms with Gasteiger partial charge in [0.25, 0.3) is 0 Å². The number of hydrogen-bond donors (Lipinski definition) is 1. The number of aromatic nitrogens is 2. The fourth-order valence-corrected chi connectivity index (χ4v) is 2.94. The van der Waals surface area contributed by atoms with Gasteiger partial charge in [0.15, 0.2) is 0 Å². The Hall–Kier alpha value is -1.80. The zero-order valence-electron chi connectivity index (χ0n) is 14.1. The fourth-order valence-electron chi connectivity index (χ4n) is 2.94. The van der Waals surface area contributed by atoms with Gasteiger partial charge in [0.2, 0.25) is 0 Å². The summed E-state index contributed by atoms with van der Waals surface area (Å²) in [5.41, 5.74) is 0.500. The Kier molecular flexibility index (Phi) is 6.52. The lowest BCUT2D eigenvalue weighted by Crippen LogP contribution is -2.47. The van der Waals surface area contributed by atoms with Gasteiger partial charge < -0.3 is 14.6 Å². The molecule has 136 valence electrons. The number of halogens is 1. The van der Waals surface area contributed by atoms with Crippen LogP contribution in [0.15, 0.2) is 42.7 Å². The fraction of sp³-hybridized carbons (Fsp3) is 0.500. The van der Waals surface area contributed by atoms with Crippen LogP contribution in [0.2, 0.25) is 0 Å². The minimum absolute atomic E-state index is 0.0557. The van der Waals surface area contributed by atoms with E-state index in [1.54, 1.807) is 24.4 Å². The third kappa shape index (κ3) is 5.61. The van der Waals surface area contributed by atoms with Gasteiger partial charge in [-0.3, -0.25) is 9.58 Å². The SMILES string of the molecule is O[C@H](COCc1ccccc1F)CN1CCO[C@H](Cn2cccn2)C1. The largest absolute Gasteiger partial charge is 0.389 e. The summed E-state index contributed by atoms with van der Waals surface area (Å²) in [6.07, 6.45) is 3.10. The van der Waals surface area contributed by atoms with Crippen molar-refractivity contribution in [2.45, 2.75) is 25.4 Å². The van der Waals surface area contributed by atoms with Crippen molar-refractivity contribution in [1.82, 2.24) is 14.7 Å². The third-order valence-electron chi connectivity index (χ3n) is 4.17. The number of aliphatic hydroxyl groups excluding tert-OH is 1. The van der Waals surface area contributed by atoms with E-state index in [9.17, 15) is 9.50 Å². The molecule has 0 spiro atoms. The lowest BCUT2D eigenvalue weighted by Gasteiger charge is -2.34. The molecule has 1 saturated heterocycles. The van der Waals surface area contributed by atoms with Crippen molar-refractivity contribution in [3.63, 3.8) is 0 Å². The average molecular weight is 349 g/mol. The summed E-state index contributed by atoms with van der Waals surface area (Å²) in [4.78, 5) is 2.16. The number of benzene rings is 1. The van der Waals surface area contributed by atoms with Crippen LogP contribution in [-0.2, 0) is 22.6 Å². The Labute approximate surface area is 146 Å². The van der Waals surface area contributed by atoms with Gasteiger partial charge in [-0.2, -0.15) is 5.10 Å². The molecule has 7 heteroatoms. The zero-order chi connectivity index (χ0) is 17.5. The van der Waals surface area contributed by atoms with E-state index in [0.717, 1.165) is 13.1 Å². The van der Waals surface area contributed by atoms with Gasteiger partial charge in [0.1, 0.15) is 5.82 Å². The molecular formula is C18H24FN3O3. The molecule has 3 rings (SSSR count).